The van der Waals surface area contributed by atoms with E-state index in [2.05, 4.69) is 9.36 Å². The maximum absolute atomic E-state index is 5.73. The first-order valence-corrected chi connectivity index (χ1v) is 6.14. The number of hydrogen-bond donors (Lipinski definition) is 0. The molecule has 0 saturated carbocycles. The number of rotatable bonds is 4. The van der Waals surface area contributed by atoms with Crippen LogP contribution in [0.15, 0.2) is 12.1 Å². The molecule has 0 aliphatic heterocycles. The van der Waals surface area contributed by atoms with Gasteiger partial charge in [-0.15, -0.1) is 0 Å². The second-order valence-corrected chi connectivity index (χ2v) is 4.37. The summed E-state index contributed by atoms with van der Waals surface area (Å²) in [4.78, 5) is 4.12. The summed E-state index contributed by atoms with van der Waals surface area (Å²) >= 11 is 6.92. The number of methoxy groups -OCH3 is 3. The first kappa shape index (κ1) is 12.9. The Morgan fingerprint density at radius 1 is 1.00 bits per heavy atom. The van der Waals surface area contributed by atoms with Crippen molar-refractivity contribution in [1.29, 1.82) is 0 Å². The molecule has 0 aliphatic rings. The molecule has 2 aromatic rings. The Hall–Kier alpha value is -1.53. The first-order valence-electron chi connectivity index (χ1n) is 4.99. The summed E-state index contributed by atoms with van der Waals surface area (Å²) in [6, 6.07) is 3.53. The molecule has 7 heteroatoms. The highest BCUT2D eigenvalue weighted by molar-refractivity contribution is 7.09. The lowest BCUT2D eigenvalue weighted by molar-refractivity contribution is 0.349. The van der Waals surface area contributed by atoms with Crippen molar-refractivity contribution in [3.8, 4) is 27.8 Å². The molecule has 0 N–H and O–H groups in total. The lowest BCUT2D eigenvalue weighted by Crippen LogP contribution is -1.94. The highest BCUT2D eigenvalue weighted by Crippen LogP contribution is 2.40. The maximum atomic E-state index is 5.73. The molecule has 96 valence electrons. The summed E-state index contributed by atoms with van der Waals surface area (Å²) in [6.07, 6.45) is 0. The van der Waals surface area contributed by atoms with E-state index in [0.717, 1.165) is 5.56 Å². The van der Waals surface area contributed by atoms with Crippen LogP contribution in [0, 0.1) is 0 Å². The molecule has 0 amide bonds. The second-order valence-electron chi connectivity index (χ2n) is 3.28. The predicted molar refractivity (Wildman–Crippen MR) is 70.0 cm³/mol. The summed E-state index contributed by atoms with van der Waals surface area (Å²) in [5.41, 5.74) is 0.763. The highest BCUT2D eigenvalue weighted by Gasteiger charge is 2.16. The van der Waals surface area contributed by atoms with Gasteiger partial charge in [0.25, 0.3) is 0 Å². The Morgan fingerprint density at radius 3 is 2.11 bits per heavy atom. The van der Waals surface area contributed by atoms with Gasteiger partial charge in [0.15, 0.2) is 11.5 Å². The summed E-state index contributed by atoms with van der Waals surface area (Å²) in [5, 5.41) is 0.879. The van der Waals surface area contributed by atoms with Gasteiger partial charge in [-0.05, 0) is 29.2 Å². The van der Waals surface area contributed by atoms with E-state index in [9.17, 15) is 0 Å². The standard InChI is InChI=1S/C11H11ClN2O3S/c1-15-7-5-9(17-3)8(16-2)4-6(7)10-13-11(12)14-18-10/h4-5H,1-3H3. The van der Waals surface area contributed by atoms with Gasteiger partial charge in [0.1, 0.15) is 10.8 Å². The maximum Gasteiger partial charge on any atom is 0.234 e. The molecule has 0 bridgehead atoms. The third-order valence-corrected chi connectivity index (χ3v) is 3.35. The van der Waals surface area contributed by atoms with Crippen LogP contribution in [0.3, 0.4) is 0 Å². The summed E-state index contributed by atoms with van der Waals surface area (Å²) in [6.45, 7) is 0. The third kappa shape index (κ3) is 2.34. The van der Waals surface area contributed by atoms with E-state index >= 15 is 0 Å². The van der Waals surface area contributed by atoms with Crippen molar-refractivity contribution in [2.24, 2.45) is 0 Å². The van der Waals surface area contributed by atoms with Crippen molar-refractivity contribution in [1.82, 2.24) is 9.36 Å². The molecular weight excluding hydrogens is 276 g/mol. The lowest BCUT2D eigenvalue weighted by atomic mass is 10.2. The topological polar surface area (TPSA) is 53.5 Å². The van der Waals surface area contributed by atoms with Crippen molar-refractivity contribution < 1.29 is 14.2 Å². The van der Waals surface area contributed by atoms with Crippen LogP contribution in [0.5, 0.6) is 17.2 Å². The fourth-order valence-corrected chi connectivity index (χ4v) is 2.34. The zero-order chi connectivity index (χ0) is 13.1. The summed E-state index contributed by atoms with van der Waals surface area (Å²) in [7, 11) is 4.72. The summed E-state index contributed by atoms with van der Waals surface area (Å²) < 4.78 is 19.7. The normalized spacial score (nSPS) is 10.2. The number of benzene rings is 1. The van der Waals surface area contributed by atoms with E-state index in [1.165, 1.54) is 11.5 Å². The van der Waals surface area contributed by atoms with Crippen LogP contribution in [-0.4, -0.2) is 30.7 Å². The Labute approximate surface area is 113 Å². The monoisotopic (exact) mass is 286 g/mol. The van der Waals surface area contributed by atoms with Gasteiger partial charge in [0.05, 0.1) is 26.9 Å². The Bertz CT molecular complexity index is 559. The highest BCUT2D eigenvalue weighted by atomic mass is 35.5. The van der Waals surface area contributed by atoms with Crippen molar-refractivity contribution in [2.45, 2.75) is 0 Å². The van der Waals surface area contributed by atoms with Gasteiger partial charge in [0, 0.05) is 6.07 Å². The van der Waals surface area contributed by atoms with Gasteiger partial charge in [-0.2, -0.15) is 4.37 Å². The molecule has 0 atom stereocenters. The zero-order valence-corrected chi connectivity index (χ0v) is 11.6. The van der Waals surface area contributed by atoms with E-state index in [1.54, 1.807) is 33.5 Å². The van der Waals surface area contributed by atoms with Crippen LogP contribution < -0.4 is 14.2 Å². The van der Waals surface area contributed by atoms with Crippen LogP contribution in [0.2, 0.25) is 5.28 Å². The van der Waals surface area contributed by atoms with Crippen LogP contribution in [-0.2, 0) is 0 Å². The molecule has 18 heavy (non-hydrogen) atoms. The number of hydrogen-bond acceptors (Lipinski definition) is 6. The molecule has 1 aromatic carbocycles. The van der Waals surface area contributed by atoms with Crippen LogP contribution in [0.25, 0.3) is 10.6 Å². The van der Waals surface area contributed by atoms with Gasteiger partial charge in [-0.3, -0.25) is 0 Å². The quantitative estimate of drug-likeness (QED) is 0.865. The van der Waals surface area contributed by atoms with Gasteiger partial charge < -0.3 is 14.2 Å². The van der Waals surface area contributed by atoms with Crippen LogP contribution >= 0.6 is 23.1 Å². The SMILES string of the molecule is COc1cc(OC)c(-c2nc(Cl)ns2)cc1OC. The van der Waals surface area contributed by atoms with Gasteiger partial charge >= 0.3 is 0 Å². The average Bonchev–Trinajstić information content (AvgIpc) is 2.83. The van der Waals surface area contributed by atoms with E-state index in [4.69, 9.17) is 25.8 Å². The minimum atomic E-state index is 0.215. The summed E-state index contributed by atoms with van der Waals surface area (Å²) in [5.74, 6) is 1.81. The number of nitrogens with zero attached hydrogens (tertiary/aromatic N) is 2. The number of aromatic nitrogens is 2. The molecule has 0 fully saturated rings. The molecule has 5 nitrogen and oxygen atoms in total. The van der Waals surface area contributed by atoms with E-state index < -0.39 is 0 Å². The number of ether oxygens (including phenoxy) is 3. The van der Waals surface area contributed by atoms with Gasteiger partial charge in [-0.1, -0.05) is 0 Å². The molecule has 0 aliphatic carbocycles. The Kier molecular flexibility index (Phi) is 3.88. The first-order chi connectivity index (χ1) is 8.69. The number of halogens is 1. The van der Waals surface area contributed by atoms with Crippen molar-refractivity contribution in [3.05, 3.63) is 17.4 Å². The molecule has 1 heterocycles. The van der Waals surface area contributed by atoms with Gasteiger partial charge in [0.2, 0.25) is 5.28 Å². The Morgan fingerprint density at radius 2 is 1.61 bits per heavy atom. The predicted octanol–water partition coefficient (Wildman–Crippen LogP) is 2.88. The van der Waals surface area contributed by atoms with Crippen molar-refractivity contribution in [3.63, 3.8) is 0 Å². The molecule has 0 radical (unpaired) electrons. The molecule has 0 spiro atoms. The fourth-order valence-electron chi connectivity index (χ4n) is 1.51. The van der Waals surface area contributed by atoms with E-state index in [0.29, 0.717) is 22.3 Å². The minimum absolute atomic E-state index is 0.215. The van der Waals surface area contributed by atoms with E-state index in [-0.39, 0.29) is 5.28 Å². The fraction of sp³-hybridized carbons (Fsp3) is 0.273. The molecule has 0 unspecified atom stereocenters. The van der Waals surface area contributed by atoms with Gasteiger partial charge in [-0.25, -0.2) is 4.98 Å². The smallest absolute Gasteiger partial charge is 0.234 e. The molecule has 1 aromatic heterocycles. The van der Waals surface area contributed by atoms with E-state index in [1.807, 2.05) is 0 Å². The molecule has 0 saturated heterocycles. The third-order valence-electron chi connectivity index (χ3n) is 2.34. The second kappa shape index (κ2) is 5.41. The minimum Gasteiger partial charge on any atom is -0.496 e. The largest absolute Gasteiger partial charge is 0.496 e. The van der Waals surface area contributed by atoms with Crippen molar-refractivity contribution in [2.75, 3.05) is 21.3 Å². The average molecular weight is 287 g/mol. The Balaban J connectivity index is 2.58. The lowest BCUT2D eigenvalue weighted by Gasteiger charge is -2.12. The molecular formula is C11H11ClN2O3S. The van der Waals surface area contributed by atoms with Crippen LogP contribution in [0.1, 0.15) is 0 Å². The van der Waals surface area contributed by atoms with Crippen molar-refractivity contribution >= 4 is 23.1 Å². The molecule has 2 rings (SSSR count). The van der Waals surface area contributed by atoms with Crippen LogP contribution in [0.4, 0.5) is 0 Å². The zero-order valence-electron chi connectivity index (χ0n) is 10.1.